The van der Waals surface area contributed by atoms with Crippen LogP contribution < -0.4 is 0 Å². The van der Waals surface area contributed by atoms with Crippen LogP contribution in [0.3, 0.4) is 0 Å². The van der Waals surface area contributed by atoms with Crippen molar-refractivity contribution in [2.45, 2.75) is 37.1 Å². The van der Waals surface area contributed by atoms with E-state index in [1.807, 2.05) is 6.92 Å². The lowest BCUT2D eigenvalue weighted by molar-refractivity contribution is 0.178. The lowest BCUT2D eigenvalue weighted by Crippen LogP contribution is -2.45. The summed E-state index contributed by atoms with van der Waals surface area (Å²) in [6.07, 6.45) is 2.85. The van der Waals surface area contributed by atoms with Crippen molar-refractivity contribution in [3.8, 4) is 0 Å². The summed E-state index contributed by atoms with van der Waals surface area (Å²) in [5, 5.41) is 9.05. The predicted molar refractivity (Wildman–Crippen MR) is 69.8 cm³/mol. The van der Waals surface area contributed by atoms with Crippen LogP contribution in [0.1, 0.15) is 24.8 Å². The highest BCUT2D eigenvalue weighted by molar-refractivity contribution is 7.89. The first-order chi connectivity index (χ1) is 8.55. The fraction of sp³-hybridized carbons (Fsp3) is 0.538. The van der Waals surface area contributed by atoms with Crippen molar-refractivity contribution in [1.82, 2.24) is 4.31 Å². The molecule has 0 aromatic heterocycles. The van der Waals surface area contributed by atoms with E-state index in [0.717, 1.165) is 24.8 Å². The van der Waals surface area contributed by atoms with E-state index in [2.05, 4.69) is 0 Å². The monoisotopic (exact) mass is 269 g/mol. The molecule has 0 bridgehead atoms. The van der Waals surface area contributed by atoms with Gasteiger partial charge in [0.15, 0.2) is 0 Å². The summed E-state index contributed by atoms with van der Waals surface area (Å²) in [5.41, 5.74) is 1.03. The van der Waals surface area contributed by atoms with Gasteiger partial charge in [-0.3, -0.25) is 0 Å². The third kappa shape index (κ3) is 2.58. The van der Waals surface area contributed by atoms with Crippen LogP contribution in [0.25, 0.3) is 0 Å². The Balaban J connectivity index is 2.29. The summed E-state index contributed by atoms with van der Waals surface area (Å²) in [4.78, 5) is 0.313. The van der Waals surface area contributed by atoms with Gasteiger partial charge in [-0.25, -0.2) is 8.42 Å². The Hall–Kier alpha value is -0.910. The van der Waals surface area contributed by atoms with Gasteiger partial charge in [0, 0.05) is 12.6 Å². The molecule has 1 N–H and O–H groups in total. The highest BCUT2D eigenvalue weighted by Crippen LogP contribution is 2.29. The smallest absolute Gasteiger partial charge is 0.243 e. The van der Waals surface area contributed by atoms with Crippen LogP contribution in [0.4, 0.5) is 0 Å². The molecule has 100 valence electrons. The predicted octanol–water partition coefficient (Wildman–Crippen LogP) is 1.53. The molecule has 1 aromatic carbocycles. The molecular weight excluding hydrogens is 250 g/mol. The summed E-state index contributed by atoms with van der Waals surface area (Å²) in [7, 11) is -3.47. The molecule has 0 unspecified atom stereocenters. The van der Waals surface area contributed by atoms with Crippen LogP contribution >= 0.6 is 0 Å². The van der Waals surface area contributed by atoms with E-state index in [1.54, 1.807) is 24.3 Å². The molecule has 0 aliphatic heterocycles. The molecule has 4 nitrogen and oxygen atoms in total. The van der Waals surface area contributed by atoms with Crippen molar-refractivity contribution in [3.63, 3.8) is 0 Å². The first-order valence-electron chi connectivity index (χ1n) is 6.25. The molecule has 0 amide bonds. The minimum Gasteiger partial charge on any atom is -0.395 e. The molecular formula is C13H19NO3S. The number of sulfonamides is 1. The Morgan fingerprint density at radius 2 is 1.89 bits per heavy atom. The number of aliphatic hydroxyl groups excluding tert-OH is 1. The Morgan fingerprint density at radius 1 is 1.28 bits per heavy atom. The van der Waals surface area contributed by atoms with Crippen molar-refractivity contribution in [3.05, 3.63) is 29.8 Å². The van der Waals surface area contributed by atoms with E-state index in [1.165, 1.54) is 4.31 Å². The lowest BCUT2D eigenvalue weighted by atomic mass is 9.93. The van der Waals surface area contributed by atoms with Gasteiger partial charge in [0.1, 0.15) is 0 Å². The van der Waals surface area contributed by atoms with Crippen LogP contribution in [-0.2, 0) is 10.0 Å². The Morgan fingerprint density at radius 3 is 2.33 bits per heavy atom. The number of hydrogen-bond donors (Lipinski definition) is 1. The van der Waals surface area contributed by atoms with Crippen molar-refractivity contribution in [1.29, 1.82) is 0 Å². The van der Waals surface area contributed by atoms with Gasteiger partial charge in [-0.05, 0) is 31.9 Å². The molecule has 1 aliphatic rings. The summed E-state index contributed by atoms with van der Waals surface area (Å²) in [6.45, 7) is 1.97. The summed E-state index contributed by atoms with van der Waals surface area (Å²) < 4.78 is 26.4. The van der Waals surface area contributed by atoms with Crippen molar-refractivity contribution >= 4 is 10.0 Å². The molecule has 18 heavy (non-hydrogen) atoms. The van der Waals surface area contributed by atoms with Gasteiger partial charge in [0.25, 0.3) is 0 Å². The molecule has 1 aromatic rings. The topological polar surface area (TPSA) is 57.6 Å². The molecule has 0 saturated heterocycles. The SMILES string of the molecule is Cc1ccc(S(=O)(=O)N(CCO)C2CCC2)cc1. The fourth-order valence-electron chi connectivity index (χ4n) is 2.12. The van der Waals surface area contributed by atoms with Gasteiger partial charge in [0.05, 0.1) is 11.5 Å². The lowest BCUT2D eigenvalue weighted by Gasteiger charge is -2.36. The van der Waals surface area contributed by atoms with Crippen molar-refractivity contribution in [2.24, 2.45) is 0 Å². The molecule has 1 saturated carbocycles. The van der Waals surface area contributed by atoms with Gasteiger partial charge in [-0.1, -0.05) is 24.1 Å². The second-order valence-electron chi connectivity index (χ2n) is 4.74. The maximum atomic E-state index is 12.5. The second-order valence-corrected chi connectivity index (χ2v) is 6.63. The van der Waals surface area contributed by atoms with E-state index in [-0.39, 0.29) is 19.2 Å². The first-order valence-corrected chi connectivity index (χ1v) is 7.69. The summed E-state index contributed by atoms with van der Waals surface area (Å²) in [5.74, 6) is 0. The zero-order valence-corrected chi connectivity index (χ0v) is 11.4. The average Bonchev–Trinajstić information content (AvgIpc) is 2.26. The average molecular weight is 269 g/mol. The Kier molecular flexibility index (Phi) is 4.04. The number of benzene rings is 1. The normalized spacial score (nSPS) is 16.8. The Bertz CT molecular complexity index is 491. The maximum Gasteiger partial charge on any atom is 0.243 e. The van der Waals surface area contributed by atoms with Gasteiger partial charge in [-0.2, -0.15) is 4.31 Å². The van der Waals surface area contributed by atoms with Gasteiger partial charge in [-0.15, -0.1) is 0 Å². The zero-order valence-electron chi connectivity index (χ0n) is 10.5. The number of nitrogens with zero attached hydrogens (tertiary/aromatic N) is 1. The van der Waals surface area contributed by atoms with Gasteiger partial charge in [0.2, 0.25) is 10.0 Å². The standard InChI is InChI=1S/C13H19NO3S/c1-11-5-7-13(8-6-11)18(16,17)14(9-10-15)12-3-2-4-12/h5-8,12,15H,2-4,9-10H2,1H3. The molecule has 2 rings (SSSR count). The van der Waals surface area contributed by atoms with Crippen LogP contribution in [0.5, 0.6) is 0 Å². The quantitative estimate of drug-likeness (QED) is 0.882. The van der Waals surface area contributed by atoms with Crippen molar-refractivity contribution in [2.75, 3.05) is 13.2 Å². The van der Waals surface area contributed by atoms with Crippen LogP contribution in [0.2, 0.25) is 0 Å². The number of aliphatic hydroxyl groups is 1. The second kappa shape index (κ2) is 5.38. The van der Waals surface area contributed by atoms with Gasteiger partial charge >= 0.3 is 0 Å². The summed E-state index contributed by atoms with van der Waals surface area (Å²) in [6, 6.07) is 6.92. The molecule has 0 spiro atoms. The zero-order chi connectivity index (χ0) is 13.2. The minimum atomic E-state index is -3.47. The molecule has 0 atom stereocenters. The fourth-order valence-corrected chi connectivity index (χ4v) is 3.79. The molecule has 1 aliphatic carbocycles. The molecule has 1 fully saturated rings. The van der Waals surface area contributed by atoms with E-state index in [9.17, 15) is 8.42 Å². The maximum absolute atomic E-state index is 12.5. The summed E-state index contributed by atoms with van der Waals surface area (Å²) >= 11 is 0. The van der Waals surface area contributed by atoms with E-state index >= 15 is 0 Å². The van der Waals surface area contributed by atoms with Gasteiger partial charge < -0.3 is 5.11 Å². The van der Waals surface area contributed by atoms with E-state index in [0.29, 0.717) is 4.90 Å². The van der Waals surface area contributed by atoms with Crippen LogP contribution in [0.15, 0.2) is 29.2 Å². The minimum absolute atomic E-state index is 0.0588. The van der Waals surface area contributed by atoms with E-state index in [4.69, 9.17) is 5.11 Å². The third-order valence-electron chi connectivity index (χ3n) is 3.43. The third-order valence-corrected chi connectivity index (χ3v) is 5.40. The molecule has 5 heteroatoms. The highest BCUT2D eigenvalue weighted by atomic mass is 32.2. The van der Waals surface area contributed by atoms with Crippen LogP contribution in [0, 0.1) is 6.92 Å². The molecule has 0 heterocycles. The Labute approximate surface area is 108 Å². The number of rotatable bonds is 5. The van der Waals surface area contributed by atoms with Crippen LogP contribution in [-0.4, -0.2) is 37.0 Å². The largest absolute Gasteiger partial charge is 0.395 e. The highest BCUT2D eigenvalue weighted by Gasteiger charge is 2.34. The number of aryl methyl sites for hydroxylation is 1. The number of hydrogen-bond acceptors (Lipinski definition) is 3. The first kappa shape index (κ1) is 13.5. The van der Waals surface area contributed by atoms with Crippen molar-refractivity contribution < 1.29 is 13.5 Å². The van der Waals surface area contributed by atoms with E-state index < -0.39 is 10.0 Å². The molecule has 0 radical (unpaired) electrons.